The minimum absolute atomic E-state index is 0.0753. The number of imide groups is 1. The summed E-state index contributed by atoms with van der Waals surface area (Å²) in [6, 6.07) is 6.50. The zero-order valence-electron chi connectivity index (χ0n) is 13.2. The van der Waals surface area contributed by atoms with E-state index in [1.807, 2.05) is 0 Å². The van der Waals surface area contributed by atoms with Crippen molar-refractivity contribution in [1.29, 1.82) is 0 Å². The van der Waals surface area contributed by atoms with E-state index < -0.39 is 23.9 Å². The summed E-state index contributed by atoms with van der Waals surface area (Å²) in [7, 11) is 3.12. The number of fused-ring (bicyclic) bond motifs is 1. The van der Waals surface area contributed by atoms with E-state index >= 15 is 0 Å². The summed E-state index contributed by atoms with van der Waals surface area (Å²) in [6.07, 6.45) is -1.06. The van der Waals surface area contributed by atoms with Gasteiger partial charge in [-0.2, -0.15) is 0 Å². The number of likely N-dealkylation sites (N-methyl/N-ethyl adjacent to an activating group) is 1. The van der Waals surface area contributed by atoms with Crippen molar-refractivity contribution in [2.45, 2.75) is 19.4 Å². The van der Waals surface area contributed by atoms with Crippen molar-refractivity contribution < 1.29 is 23.9 Å². The molecule has 0 fully saturated rings. The third-order valence-electron chi connectivity index (χ3n) is 3.51. The molecule has 1 unspecified atom stereocenters. The summed E-state index contributed by atoms with van der Waals surface area (Å²) in [5.41, 5.74) is 0.670. The quantitative estimate of drug-likeness (QED) is 0.589. The highest BCUT2D eigenvalue weighted by Crippen LogP contribution is 2.22. The van der Waals surface area contributed by atoms with Crippen LogP contribution in [0.15, 0.2) is 24.3 Å². The van der Waals surface area contributed by atoms with Crippen LogP contribution in [-0.2, 0) is 14.3 Å². The summed E-state index contributed by atoms with van der Waals surface area (Å²) in [6.45, 7) is 1.40. The molecule has 0 N–H and O–H groups in total. The third kappa shape index (κ3) is 3.39. The zero-order chi connectivity index (χ0) is 17.1. The van der Waals surface area contributed by atoms with Crippen molar-refractivity contribution in [3.63, 3.8) is 0 Å². The van der Waals surface area contributed by atoms with E-state index in [4.69, 9.17) is 4.74 Å². The molecule has 7 nitrogen and oxygen atoms in total. The lowest BCUT2D eigenvalue weighted by Crippen LogP contribution is -2.36. The minimum atomic E-state index is -0.903. The second kappa shape index (κ2) is 6.60. The van der Waals surface area contributed by atoms with Crippen LogP contribution >= 0.6 is 0 Å². The Hall–Kier alpha value is -2.70. The van der Waals surface area contributed by atoms with Gasteiger partial charge in [0.25, 0.3) is 17.7 Å². The maximum atomic E-state index is 12.1. The van der Waals surface area contributed by atoms with Crippen molar-refractivity contribution in [3.05, 3.63) is 35.4 Å². The Balaban J connectivity index is 1.92. The Bertz CT molecular complexity index is 633. The van der Waals surface area contributed by atoms with Crippen LogP contribution in [0.1, 0.15) is 34.1 Å². The van der Waals surface area contributed by atoms with Gasteiger partial charge in [-0.05, 0) is 19.1 Å². The molecule has 1 aliphatic rings. The van der Waals surface area contributed by atoms with Gasteiger partial charge in [0.1, 0.15) is 0 Å². The first-order valence-corrected chi connectivity index (χ1v) is 7.18. The number of amides is 3. The molecule has 0 radical (unpaired) electrons. The molecule has 0 aliphatic carbocycles. The van der Waals surface area contributed by atoms with E-state index in [1.54, 1.807) is 38.4 Å². The van der Waals surface area contributed by atoms with E-state index in [2.05, 4.69) is 0 Å². The van der Waals surface area contributed by atoms with Crippen molar-refractivity contribution >= 4 is 23.7 Å². The number of benzene rings is 1. The van der Waals surface area contributed by atoms with Gasteiger partial charge in [0.05, 0.1) is 17.5 Å². The van der Waals surface area contributed by atoms with E-state index in [0.29, 0.717) is 11.1 Å². The van der Waals surface area contributed by atoms with Gasteiger partial charge in [0, 0.05) is 20.6 Å². The first-order chi connectivity index (χ1) is 10.8. The molecule has 7 heteroatoms. The van der Waals surface area contributed by atoms with E-state index in [0.717, 1.165) is 4.90 Å². The van der Waals surface area contributed by atoms with Crippen LogP contribution in [0, 0.1) is 0 Å². The molecule has 0 spiro atoms. The third-order valence-corrected chi connectivity index (χ3v) is 3.51. The van der Waals surface area contributed by atoms with Crippen LogP contribution in [-0.4, -0.2) is 60.2 Å². The largest absolute Gasteiger partial charge is 0.452 e. The predicted molar refractivity (Wildman–Crippen MR) is 80.7 cm³/mol. The highest BCUT2D eigenvalue weighted by molar-refractivity contribution is 6.21. The van der Waals surface area contributed by atoms with Crippen LogP contribution in [0.2, 0.25) is 0 Å². The number of esters is 1. The molecule has 0 aromatic heterocycles. The van der Waals surface area contributed by atoms with Gasteiger partial charge in [0.15, 0.2) is 6.10 Å². The van der Waals surface area contributed by atoms with Gasteiger partial charge < -0.3 is 9.64 Å². The molecule has 1 atom stereocenters. The summed E-state index contributed by atoms with van der Waals surface area (Å²) in [4.78, 5) is 50.0. The lowest BCUT2D eigenvalue weighted by molar-refractivity contribution is -0.158. The van der Waals surface area contributed by atoms with Gasteiger partial charge in [0.2, 0.25) is 0 Å². The molecular formula is C16H18N2O5. The Kier molecular flexibility index (Phi) is 4.78. The second-order valence-electron chi connectivity index (χ2n) is 5.42. The highest BCUT2D eigenvalue weighted by atomic mass is 16.5. The predicted octanol–water partition coefficient (Wildman–Crippen LogP) is 0.693. The molecule has 0 saturated heterocycles. The molecule has 1 aromatic carbocycles. The molecule has 0 saturated carbocycles. The van der Waals surface area contributed by atoms with Crippen molar-refractivity contribution in [2.75, 3.05) is 20.6 Å². The molecular weight excluding hydrogens is 300 g/mol. The molecule has 122 valence electrons. The fourth-order valence-corrected chi connectivity index (χ4v) is 2.32. The molecule has 1 heterocycles. The normalized spacial score (nSPS) is 14.5. The van der Waals surface area contributed by atoms with Crippen LogP contribution < -0.4 is 0 Å². The average molecular weight is 318 g/mol. The number of ether oxygens (including phenoxy) is 1. The molecule has 23 heavy (non-hydrogen) atoms. The Morgan fingerprint density at radius 2 is 1.65 bits per heavy atom. The summed E-state index contributed by atoms with van der Waals surface area (Å²) in [5, 5.41) is 0. The lowest BCUT2D eigenvalue weighted by atomic mass is 10.1. The van der Waals surface area contributed by atoms with Crippen molar-refractivity contribution in [2.24, 2.45) is 0 Å². The Morgan fingerprint density at radius 1 is 1.13 bits per heavy atom. The maximum absolute atomic E-state index is 12.1. The summed E-state index contributed by atoms with van der Waals surface area (Å²) < 4.78 is 5.00. The molecule has 3 amide bonds. The average Bonchev–Trinajstić information content (AvgIpc) is 2.76. The van der Waals surface area contributed by atoms with E-state index in [1.165, 1.54) is 11.8 Å². The van der Waals surface area contributed by atoms with Gasteiger partial charge in [-0.3, -0.25) is 24.1 Å². The van der Waals surface area contributed by atoms with Gasteiger partial charge >= 0.3 is 5.97 Å². The molecule has 1 aromatic rings. The molecule has 0 bridgehead atoms. The summed E-state index contributed by atoms with van der Waals surface area (Å²) in [5.74, 6) is -1.81. The van der Waals surface area contributed by atoms with Crippen LogP contribution in [0.25, 0.3) is 0 Å². The fraction of sp³-hybridized carbons (Fsp3) is 0.375. The maximum Gasteiger partial charge on any atom is 0.308 e. The number of rotatable bonds is 5. The first kappa shape index (κ1) is 16.7. The number of hydrogen-bond acceptors (Lipinski definition) is 5. The Morgan fingerprint density at radius 3 is 2.13 bits per heavy atom. The Labute approximate surface area is 133 Å². The first-order valence-electron chi connectivity index (χ1n) is 7.18. The minimum Gasteiger partial charge on any atom is -0.452 e. The van der Waals surface area contributed by atoms with E-state index in [-0.39, 0.29) is 18.9 Å². The number of nitrogens with zero attached hydrogens (tertiary/aromatic N) is 2. The summed E-state index contributed by atoms with van der Waals surface area (Å²) >= 11 is 0. The lowest BCUT2D eigenvalue weighted by Gasteiger charge is -2.18. The molecule has 2 rings (SSSR count). The van der Waals surface area contributed by atoms with Gasteiger partial charge in [-0.1, -0.05) is 12.1 Å². The van der Waals surface area contributed by atoms with Crippen molar-refractivity contribution in [3.8, 4) is 0 Å². The topological polar surface area (TPSA) is 84.0 Å². The van der Waals surface area contributed by atoms with Gasteiger partial charge in [-0.25, -0.2) is 0 Å². The van der Waals surface area contributed by atoms with Crippen LogP contribution in [0.5, 0.6) is 0 Å². The molecule has 1 aliphatic heterocycles. The van der Waals surface area contributed by atoms with Crippen molar-refractivity contribution in [1.82, 2.24) is 9.80 Å². The standard InChI is InChI=1S/C16H18N2O5/c1-10(14(20)17(2)3)23-13(19)8-9-18-15(21)11-6-4-5-7-12(11)16(18)22/h4-7,10H,8-9H2,1-3H3. The fourth-order valence-electron chi connectivity index (χ4n) is 2.32. The van der Waals surface area contributed by atoms with E-state index in [9.17, 15) is 19.2 Å². The zero-order valence-corrected chi connectivity index (χ0v) is 13.2. The SMILES string of the molecule is CC(OC(=O)CCN1C(=O)c2ccccc2C1=O)C(=O)N(C)C. The monoisotopic (exact) mass is 318 g/mol. The second-order valence-corrected chi connectivity index (χ2v) is 5.42. The number of hydrogen-bond donors (Lipinski definition) is 0. The number of carbonyl (C=O) groups excluding carboxylic acids is 4. The smallest absolute Gasteiger partial charge is 0.308 e. The van der Waals surface area contributed by atoms with Crippen LogP contribution in [0.3, 0.4) is 0 Å². The highest BCUT2D eigenvalue weighted by Gasteiger charge is 2.35. The van der Waals surface area contributed by atoms with Crippen LogP contribution in [0.4, 0.5) is 0 Å². The van der Waals surface area contributed by atoms with Gasteiger partial charge in [-0.15, -0.1) is 0 Å². The number of carbonyl (C=O) groups is 4.